The molecule has 0 bridgehead atoms. The van der Waals surface area contributed by atoms with Gasteiger partial charge in [-0.25, -0.2) is 19.1 Å². The molecule has 1 heterocycles. The van der Waals surface area contributed by atoms with Gasteiger partial charge in [0.05, 0.1) is 27.4 Å². The van der Waals surface area contributed by atoms with E-state index in [-0.39, 0.29) is 36.9 Å². The van der Waals surface area contributed by atoms with Crippen molar-refractivity contribution in [2.45, 2.75) is 26.5 Å². The second-order valence-corrected chi connectivity index (χ2v) is 6.43. The number of ether oxygens (including phenoxy) is 4. The van der Waals surface area contributed by atoms with E-state index in [2.05, 4.69) is 10.4 Å². The second kappa shape index (κ2) is 11.5. The number of rotatable bonds is 10. The molecule has 11 nitrogen and oxygen atoms in total. The average Bonchev–Trinajstić information content (AvgIpc) is 3.16. The lowest BCUT2D eigenvalue weighted by atomic mass is 10.2. The first-order valence-corrected chi connectivity index (χ1v) is 9.70. The van der Waals surface area contributed by atoms with Crippen molar-refractivity contribution in [2.24, 2.45) is 0 Å². The monoisotopic (exact) mass is 447 g/mol. The molecule has 0 aliphatic heterocycles. The van der Waals surface area contributed by atoms with Crippen molar-refractivity contribution in [2.75, 3.05) is 27.4 Å². The molecule has 0 spiro atoms. The minimum Gasteiger partial charge on any atom is -0.484 e. The summed E-state index contributed by atoms with van der Waals surface area (Å²) < 4.78 is 21.4. The lowest BCUT2D eigenvalue weighted by Gasteiger charge is -2.18. The molecular weight excluding hydrogens is 422 g/mol. The molecule has 1 N–H and O–H groups in total. The van der Waals surface area contributed by atoms with Crippen LogP contribution in [0.2, 0.25) is 0 Å². The highest BCUT2D eigenvalue weighted by atomic mass is 16.5. The Morgan fingerprint density at radius 2 is 1.72 bits per heavy atom. The molecule has 1 aromatic carbocycles. The third-order valence-corrected chi connectivity index (χ3v) is 4.25. The molecule has 2 aromatic rings. The van der Waals surface area contributed by atoms with E-state index in [0.717, 1.165) is 24.5 Å². The van der Waals surface area contributed by atoms with Crippen LogP contribution in [0, 0.1) is 0 Å². The maximum atomic E-state index is 12.7. The first-order chi connectivity index (χ1) is 15.3. The lowest BCUT2D eigenvalue weighted by molar-refractivity contribution is -0.147. The fourth-order valence-electron chi connectivity index (χ4n) is 2.77. The summed E-state index contributed by atoms with van der Waals surface area (Å²) in [5.41, 5.74) is 0.125. The van der Waals surface area contributed by atoms with Crippen molar-refractivity contribution in [3.05, 3.63) is 47.3 Å². The Balaban J connectivity index is 2.61. The summed E-state index contributed by atoms with van der Waals surface area (Å²) >= 11 is 0. The average molecular weight is 447 g/mol. The van der Waals surface area contributed by atoms with Gasteiger partial charge in [0, 0.05) is 6.92 Å². The Bertz CT molecular complexity index is 971. The Labute approximate surface area is 184 Å². The Morgan fingerprint density at radius 3 is 2.28 bits per heavy atom. The highest BCUT2D eigenvalue weighted by Gasteiger charge is 2.36. The van der Waals surface area contributed by atoms with Crippen LogP contribution >= 0.6 is 0 Å². The van der Waals surface area contributed by atoms with Crippen LogP contribution in [0.4, 0.5) is 0 Å². The number of nitrogens with zero attached hydrogens (tertiary/aromatic N) is 2. The summed E-state index contributed by atoms with van der Waals surface area (Å²) in [6.45, 7) is 2.66. The highest BCUT2D eigenvalue weighted by molar-refractivity contribution is 5.98. The molecule has 0 saturated carbocycles. The van der Waals surface area contributed by atoms with Crippen molar-refractivity contribution in [3.8, 4) is 5.75 Å². The molecule has 2 rings (SSSR count). The number of carbonyl (C=O) groups is 4. The predicted molar refractivity (Wildman–Crippen MR) is 110 cm³/mol. The van der Waals surface area contributed by atoms with Gasteiger partial charge in [-0.15, -0.1) is 0 Å². The van der Waals surface area contributed by atoms with E-state index in [1.807, 2.05) is 6.07 Å². The largest absolute Gasteiger partial charge is 0.484 e. The van der Waals surface area contributed by atoms with Gasteiger partial charge in [-0.2, -0.15) is 5.10 Å². The number of amides is 1. The van der Waals surface area contributed by atoms with Crippen LogP contribution in [0.1, 0.15) is 46.4 Å². The highest BCUT2D eigenvalue weighted by Crippen LogP contribution is 2.29. The Hall–Kier alpha value is -3.89. The molecule has 1 atom stereocenters. The quantitative estimate of drug-likeness (QED) is 0.422. The number of nitrogens with one attached hydrogen (secondary N) is 1. The van der Waals surface area contributed by atoms with Crippen LogP contribution in [0.15, 0.2) is 30.3 Å². The third kappa shape index (κ3) is 5.84. The van der Waals surface area contributed by atoms with Gasteiger partial charge in [0.15, 0.2) is 17.5 Å². The van der Waals surface area contributed by atoms with Gasteiger partial charge < -0.3 is 24.3 Å². The molecule has 172 valence electrons. The summed E-state index contributed by atoms with van der Waals surface area (Å²) in [5, 5.41) is 6.60. The smallest absolute Gasteiger partial charge is 0.362 e. The summed E-state index contributed by atoms with van der Waals surface area (Å²) in [6.07, 6.45) is 0. The first-order valence-electron chi connectivity index (χ1n) is 9.70. The zero-order chi connectivity index (χ0) is 23.7. The van der Waals surface area contributed by atoms with E-state index in [0.29, 0.717) is 0 Å². The van der Waals surface area contributed by atoms with Crippen LogP contribution in [-0.4, -0.2) is 61.0 Å². The molecule has 1 unspecified atom stereocenters. The van der Waals surface area contributed by atoms with E-state index < -0.39 is 29.9 Å². The molecule has 0 aliphatic rings. The van der Waals surface area contributed by atoms with Crippen LogP contribution in [0.5, 0.6) is 5.75 Å². The molecule has 11 heteroatoms. The maximum absolute atomic E-state index is 12.7. The Morgan fingerprint density at radius 1 is 1.06 bits per heavy atom. The van der Waals surface area contributed by atoms with E-state index in [1.165, 1.54) is 6.92 Å². The molecular formula is C21H25N3O8. The van der Waals surface area contributed by atoms with Gasteiger partial charge >= 0.3 is 17.9 Å². The van der Waals surface area contributed by atoms with Crippen molar-refractivity contribution < 1.29 is 38.1 Å². The maximum Gasteiger partial charge on any atom is 0.362 e. The molecule has 0 aliphatic carbocycles. The van der Waals surface area contributed by atoms with Gasteiger partial charge in [0.1, 0.15) is 6.61 Å². The topological polar surface area (TPSA) is 135 Å². The Kier molecular flexibility index (Phi) is 8.75. The molecule has 0 fully saturated rings. The fourth-order valence-corrected chi connectivity index (χ4v) is 2.77. The van der Waals surface area contributed by atoms with E-state index in [1.54, 1.807) is 31.2 Å². The number of hydrogen-bond donors (Lipinski definition) is 1. The lowest BCUT2D eigenvalue weighted by Crippen LogP contribution is -2.36. The van der Waals surface area contributed by atoms with E-state index in [4.69, 9.17) is 18.9 Å². The van der Waals surface area contributed by atoms with Crippen molar-refractivity contribution >= 4 is 23.8 Å². The van der Waals surface area contributed by atoms with Gasteiger partial charge in [0.25, 0.3) is 0 Å². The van der Waals surface area contributed by atoms with Crippen molar-refractivity contribution in [1.82, 2.24) is 15.1 Å². The van der Waals surface area contributed by atoms with Crippen LogP contribution in [0.3, 0.4) is 0 Å². The zero-order valence-electron chi connectivity index (χ0n) is 18.2. The number of carbonyl (C=O) groups excluding carboxylic acids is 4. The molecule has 1 aromatic heterocycles. The number of hydrogen-bond acceptors (Lipinski definition) is 9. The molecule has 0 saturated heterocycles. The third-order valence-electron chi connectivity index (χ3n) is 4.25. The second-order valence-electron chi connectivity index (χ2n) is 6.43. The standard InChI is InChI=1S/C21H25N3O8/c1-5-31-19(26)15(11-22-13(2)25)24-17(21(28)30-4)18(16(23-24)20(27)29-3)32-12-14-9-7-6-8-10-14/h6-10,15H,5,11-12H2,1-4H3,(H,22,25). The van der Waals surface area contributed by atoms with Gasteiger partial charge in [-0.05, 0) is 12.5 Å². The summed E-state index contributed by atoms with van der Waals surface area (Å²) in [4.78, 5) is 49.1. The summed E-state index contributed by atoms with van der Waals surface area (Å²) in [6, 6.07) is 7.73. The molecule has 1 amide bonds. The minimum atomic E-state index is -1.27. The van der Waals surface area contributed by atoms with Crippen LogP contribution in [-0.2, 0) is 30.4 Å². The summed E-state index contributed by atoms with van der Waals surface area (Å²) in [7, 11) is 2.27. The van der Waals surface area contributed by atoms with E-state index >= 15 is 0 Å². The van der Waals surface area contributed by atoms with Gasteiger partial charge in [-0.3, -0.25) is 4.79 Å². The minimum absolute atomic E-state index is 0.00368. The molecule has 32 heavy (non-hydrogen) atoms. The normalized spacial score (nSPS) is 11.2. The number of esters is 3. The fraction of sp³-hybridized carbons (Fsp3) is 0.381. The van der Waals surface area contributed by atoms with Crippen LogP contribution < -0.4 is 10.1 Å². The predicted octanol–water partition coefficient (Wildman–Crippen LogP) is 1.28. The SMILES string of the molecule is CCOC(=O)C(CNC(C)=O)n1nc(C(=O)OC)c(OCc2ccccc2)c1C(=O)OC. The van der Waals surface area contributed by atoms with Crippen molar-refractivity contribution in [1.29, 1.82) is 0 Å². The first kappa shape index (κ1) is 24.4. The van der Waals surface area contributed by atoms with Crippen molar-refractivity contribution in [3.63, 3.8) is 0 Å². The number of methoxy groups -OCH3 is 2. The van der Waals surface area contributed by atoms with E-state index in [9.17, 15) is 19.2 Å². The molecule has 0 radical (unpaired) electrons. The van der Waals surface area contributed by atoms with Gasteiger partial charge in [0.2, 0.25) is 11.6 Å². The van der Waals surface area contributed by atoms with Gasteiger partial charge in [-0.1, -0.05) is 30.3 Å². The number of aromatic nitrogens is 2. The summed E-state index contributed by atoms with van der Waals surface area (Å²) in [5.74, 6) is -3.21. The zero-order valence-corrected chi connectivity index (χ0v) is 18.2. The van der Waals surface area contributed by atoms with Crippen LogP contribution in [0.25, 0.3) is 0 Å². The number of benzene rings is 1.